The van der Waals surface area contributed by atoms with Crippen LogP contribution in [0, 0.1) is 0 Å². The highest BCUT2D eigenvalue weighted by molar-refractivity contribution is 5.98. The van der Waals surface area contributed by atoms with Crippen molar-refractivity contribution in [2.45, 2.75) is 12.8 Å². The van der Waals surface area contributed by atoms with Gasteiger partial charge in [0.25, 0.3) is 0 Å². The van der Waals surface area contributed by atoms with Crippen molar-refractivity contribution >= 4 is 24.3 Å². The second-order valence-corrected chi connectivity index (χ2v) is 2.03. The van der Waals surface area contributed by atoms with Crippen LogP contribution in [0.1, 0.15) is 12.8 Å². The average Bonchev–Trinajstić information content (AvgIpc) is 2.01. The Hall–Kier alpha value is -1.92. The predicted octanol–water partition coefficient (Wildman–Crippen LogP) is -1.17. The molecule has 72 valence electrons. The molecule has 0 radical (unpaired) electrons. The lowest BCUT2D eigenvalue weighted by Crippen LogP contribution is -2.38. The van der Waals surface area contributed by atoms with Crippen LogP contribution in [0.3, 0.4) is 0 Å². The lowest BCUT2D eigenvalue weighted by molar-refractivity contribution is -0.138. The van der Waals surface area contributed by atoms with Gasteiger partial charge in [-0.15, -0.1) is 0 Å². The van der Waals surface area contributed by atoms with Gasteiger partial charge in [0, 0.05) is 6.42 Å². The molecular formula is C6H8N2O5. The third-order valence-corrected chi connectivity index (χ3v) is 1.01. The van der Waals surface area contributed by atoms with E-state index < -0.39 is 17.9 Å². The van der Waals surface area contributed by atoms with Gasteiger partial charge in [-0.25, -0.2) is 4.79 Å². The van der Waals surface area contributed by atoms with Gasteiger partial charge in [-0.2, -0.15) is 0 Å². The van der Waals surface area contributed by atoms with E-state index >= 15 is 0 Å². The molecule has 0 fully saturated rings. The first kappa shape index (κ1) is 11.1. The number of urea groups is 1. The molecule has 0 saturated heterocycles. The maximum atomic E-state index is 10.7. The SMILES string of the molecule is O=CNC(=O)NC(=O)CCC(=O)O. The zero-order valence-electron chi connectivity index (χ0n) is 6.57. The number of amides is 4. The van der Waals surface area contributed by atoms with E-state index in [4.69, 9.17) is 5.11 Å². The molecule has 0 heterocycles. The van der Waals surface area contributed by atoms with Gasteiger partial charge in [-0.1, -0.05) is 0 Å². The highest BCUT2D eigenvalue weighted by atomic mass is 16.4. The molecule has 7 heteroatoms. The average molecular weight is 188 g/mol. The molecule has 0 spiro atoms. The number of rotatable bonds is 4. The molecule has 4 amide bonds. The summed E-state index contributed by atoms with van der Waals surface area (Å²) in [4.78, 5) is 40.8. The topological polar surface area (TPSA) is 113 Å². The van der Waals surface area contributed by atoms with Gasteiger partial charge in [0.1, 0.15) is 0 Å². The molecule has 7 nitrogen and oxygen atoms in total. The van der Waals surface area contributed by atoms with Crippen molar-refractivity contribution in [2.75, 3.05) is 0 Å². The summed E-state index contributed by atoms with van der Waals surface area (Å²) in [6, 6.07) is -0.967. The van der Waals surface area contributed by atoms with Crippen molar-refractivity contribution in [3.05, 3.63) is 0 Å². The molecule has 0 unspecified atom stereocenters. The molecule has 3 N–H and O–H groups in total. The fourth-order valence-corrected chi connectivity index (χ4v) is 0.499. The van der Waals surface area contributed by atoms with E-state index in [1.54, 1.807) is 10.6 Å². The highest BCUT2D eigenvalue weighted by Crippen LogP contribution is 1.87. The second kappa shape index (κ2) is 5.70. The normalized spacial score (nSPS) is 8.62. The van der Waals surface area contributed by atoms with Gasteiger partial charge in [0.15, 0.2) is 0 Å². The summed E-state index contributed by atoms with van der Waals surface area (Å²) >= 11 is 0. The maximum absolute atomic E-state index is 10.7. The number of aliphatic carboxylic acids is 1. The molecule has 0 rings (SSSR count). The number of carboxylic acids is 1. The van der Waals surface area contributed by atoms with Crippen LogP contribution in [0.4, 0.5) is 4.79 Å². The molecular weight excluding hydrogens is 180 g/mol. The minimum Gasteiger partial charge on any atom is -0.481 e. The van der Waals surface area contributed by atoms with Crippen molar-refractivity contribution in [1.29, 1.82) is 0 Å². The summed E-state index contributed by atoms with van der Waals surface area (Å²) < 4.78 is 0. The van der Waals surface area contributed by atoms with E-state index in [0.717, 1.165) is 0 Å². The van der Waals surface area contributed by atoms with Crippen molar-refractivity contribution in [3.8, 4) is 0 Å². The summed E-state index contributed by atoms with van der Waals surface area (Å²) in [7, 11) is 0. The summed E-state index contributed by atoms with van der Waals surface area (Å²) in [5.74, 6) is -1.88. The predicted molar refractivity (Wildman–Crippen MR) is 39.6 cm³/mol. The largest absolute Gasteiger partial charge is 0.481 e. The standard InChI is InChI=1S/C6H8N2O5/c9-3-7-6(13)8-4(10)1-2-5(11)12/h3H,1-2H2,(H,11,12)(H2,7,8,9,10,13). The van der Waals surface area contributed by atoms with Crippen LogP contribution in [-0.4, -0.2) is 29.4 Å². The van der Waals surface area contributed by atoms with Crippen LogP contribution >= 0.6 is 0 Å². The quantitative estimate of drug-likeness (QED) is 0.481. The van der Waals surface area contributed by atoms with Crippen molar-refractivity contribution in [2.24, 2.45) is 0 Å². The minimum absolute atomic E-state index is 0.111. The Morgan fingerprint density at radius 3 is 2.31 bits per heavy atom. The minimum atomic E-state index is -1.13. The fourth-order valence-electron chi connectivity index (χ4n) is 0.499. The lowest BCUT2D eigenvalue weighted by Gasteiger charge is -1.99. The molecule has 0 aromatic rings. The second-order valence-electron chi connectivity index (χ2n) is 2.03. The van der Waals surface area contributed by atoms with E-state index in [0.29, 0.717) is 0 Å². The van der Waals surface area contributed by atoms with Gasteiger partial charge in [-0.3, -0.25) is 25.0 Å². The molecule has 0 atom stereocenters. The van der Waals surface area contributed by atoms with Crippen LogP contribution < -0.4 is 10.6 Å². The molecule has 0 bridgehead atoms. The zero-order chi connectivity index (χ0) is 10.3. The molecule has 0 saturated carbocycles. The van der Waals surface area contributed by atoms with E-state index in [1.165, 1.54) is 0 Å². The van der Waals surface area contributed by atoms with Crippen molar-refractivity contribution in [1.82, 2.24) is 10.6 Å². The first-order chi connectivity index (χ1) is 6.06. The van der Waals surface area contributed by atoms with E-state index in [2.05, 4.69) is 0 Å². The zero-order valence-corrected chi connectivity index (χ0v) is 6.57. The van der Waals surface area contributed by atoms with Gasteiger partial charge < -0.3 is 5.11 Å². The number of carbonyl (C=O) groups excluding carboxylic acids is 3. The Morgan fingerprint density at radius 2 is 1.85 bits per heavy atom. The molecule has 0 aromatic heterocycles. The number of carbonyl (C=O) groups is 4. The molecule has 0 aromatic carbocycles. The number of imide groups is 2. The first-order valence-electron chi connectivity index (χ1n) is 3.32. The van der Waals surface area contributed by atoms with E-state index in [1.807, 2.05) is 0 Å². The summed E-state index contributed by atoms with van der Waals surface area (Å²) in [6.07, 6.45) is -0.554. The van der Waals surface area contributed by atoms with Crippen LogP contribution in [0.2, 0.25) is 0 Å². The summed E-state index contributed by atoms with van der Waals surface area (Å²) in [6.45, 7) is 0. The van der Waals surface area contributed by atoms with Crippen molar-refractivity contribution in [3.63, 3.8) is 0 Å². The van der Waals surface area contributed by atoms with Crippen LogP contribution in [0.5, 0.6) is 0 Å². The van der Waals surface area contributed by atoms with Gasteiger partial charge >= 0.3 is 12.0 Å². The van der Waals surface area contributed by atoms with Crippen LogP contribution in [0.15, 0.2) is 0 Å². The first-order valence-corrected chi connectivity index (χ1v) is 3.32. The number of carboxylic acid groups (broad SMARTS) is 1. The van der Waals surface area contributed by atoms with Crippen LogP contribution in [0.25, 0.3) is 0 Å². The van der Waals surface area contributed by atoms with Gasteiger partial charge in [-0.05, 0) is 0 Å². The van der Waals surface area contributed by atoms with E-state index in [9.17, 15) is 19.2 Å². The Labute approximate surface area is 73.1 Å². The summed E-state index contributed by atoms with van der Waals surface area (Å²) in [5, 5.41) is 11.6. The number of hydrogen-bond donors (Lipinski definition) is 3. The third kappa shape index (κ3) is 6.48. The van der Waals surface area contributed by atoms with Gasteiger partial charge in [0.05, 0.1) is 6.42 Å². The van der Waals surface area contributed by atoms with Crippen molar-refractivity contribution < 1.29 is 24.3 Å². The lowest BCUT2D eigenvalue weighted by atomic mass is 10.3. The monoisotopic (exact) mass is 188 g/mol. The molecule has 0 aliphatic carbocycles. The van der Waals surface area contributed by atoms with E-state index in [-0.39, 0.29) is 19.3 Å². The maximum Gasteiger partial charge on any atom is 0.327 e. The molecule has 0 aliphatic heterocycles. The smallest absolute Gasteiger partial charge is 0.327 e. The molecule has 13 heavy (non-hydrogen) atoms. The summed E-state index contributed by atoms with van der Waals surface area (Å²) in [5.41, 5.74) is 0. The Kier molecular flexibility index (Phi) is 4.85. The Morgan fingerprint density at radius 1 is 1.23 bits per heavy atom. The third-order valence-electron chi connectivity index (χ3n) is 1.01. The molecule has 0 aliphatic rings. The highest BCUT2D eigenvalue weighted by Gasteiger charge is 2.08. The van der Waals surface area contributed by atoms with Crippen LogP contribution in [-0.2, 0) is 14.4 Å². The Balaban J connectivity index is 3.67. The Bertz CT molecular complexity index is 237. The number of hydrogen-bond acceptors (Lipinski definition) is 4. The van der Waals surface area contributed by atoms with Gasteiger partial charge in [0.2, 0.25) is 12.3 Å². The fraction of sp³-hybridized carbons (Fsp3) is 0.333. The number of nitrogens with one attached hydrogen (secondary N) is 2.